The van der Waals surface area contributed by atoms with Gasteiger partial charge in [0, 0.05) is 10.5 Å². The lowest BCUT2D eigenvalue weighted by Gasteiger charge is -2.14. The van der Waals surface area contributed by atoms with E-state index in [0.717, 1.165) is 32.4 Å². The van der Waals surface area contributed by atoms with E-state index in [4.69, 9.17) is 0 Å². The monoisotopic (exact) mass is 294 g/mol. The van der Waals surface area contributed by atoms with Gasteiger partial charge in [0.15, 0.2) is 0 Å². The molecule has 0 saturated carbocycles. The maximum Gasteiger partial charge on any atom is 0.336 e. The molecule has 21 heavy (non-hydrogen) atoms. The summed E-state index contributed by atoms with van der Waals surface area (Å²) < 4.78 is 0. The first-order valence-electron chi connectivity index (χ1n) is 6.63. The highest BCUT2D eigenvalue weighted by molar-refractivity contribution is 7.80. The minimum Gasteiger partial charge on any atom is -0.478 e. The van der Waals surface area contributed by atoms with Crippen molar-refractivity contribution < 1.29 is 9.90 Å². The van der Waals surface area contributed by atoms with Crippen molar-refractivity contribution in [2.45, 2.75) is 11.8 Å². The number of carbonyl (C=O) groups is 1. The van der Waals surface area contributed by atoms with Gasteiger partial charge in [0.05, 0.1) is 5.56 Å². The van der Waals surface area contributed by atoms with E-state index < -0.39 is 5.97 Å². The van der Waals surface area contributed by atoms with Crippen LogP contribution in [0.15, 0.2) is 59.5 Å². The first-order chi connectivity index (χ1) is 10.1. The number of fused-ring (bicyclic) bond motifs is 1. The van der Waals surface area contributed by atoms with Crippen LogP contribution in [-0.4, -0.2) is 11.1 Å². The number of benzene rings is 3. The second-order valence-electron chi connectivity index (χ2n) is 4.96. The topological polar surface area (TPSA) is 37.3 Å². The van der Waals surface area contributed by atoms with Crippen molar-refractivity contribution in [2.24, 2.45) is 0 Å². The third-order valence-electron chi connectivity index (χ3n) is 3.73. The van der Waals surface area contributed by atoms with E-state index in [2.05, 4.69) is 12.6 Å². The lowest BCUT2D eigenvalue weighted by Crippen LogP contribution is -2.02. The van der Waals surface area contributed by atoms with Crippen LogP contribution in [0.25, 0.3) is 21.9 Å². The molecule has 0 bridgehead atoms. The number of hydrogen-bond donors (Lipinski definition) is 2. The van der Waals surface area contributed by atoms with E-state index in [1.807, 2.05) is 49.4 Å². The van der Waals surface area contributed by atoms with E-state index in [1.54, 1.807) is 12.1 Å². The van der Waals surface area contributed by atoms with Crippen molar-refractivity contribution in [2.75, 3.05) is 0 Å². The molecule has 0 aromatic heterocycles. The van der Waals surface area contributed by atoms with Gasteiger partial charge in [0.1, 0.15) is 0 Å². The van der Waals surface area contributed by atoms with E-state index in [9.17, 15) is 9.90 Å². The SMILES string of the molecule is Cc1c(S)ccc(C(=O)O)c1-c1cccc2ccccc12. The van der Waals surface area contributed by atoms with Crippen molar-refractivity contribution >= 4 is 29.4 Å². The van der Waals surface area contributed by atoms with Gasteiger partial charge in [0.2, 0.25) is 0 Å². The lowest BCUT2D eigenvalue weighted by atomic mass is 9.91. The number of rotatable bonds is 2. The highest BCUT2D eigenvalue weighted by atomic mass is 32.1. The first-order valence-corrected chi connectivity index (χ1v) is 7.08. The average molecular weight is 294 g/mol. The molecule has 3 aromatic rings. The smallest absolute Gasteiger partial charge is 0.336 e. The maximum absolute atomic E-state index is 11.6. The van der Waals surface area contributed by atoms with E-state index in [1.165, 1.54) is 0 Å². The largest absolute Gasteiger partial charge is 0.478 e. The zero-order valence-electron chi connectivity index (χ0n) is 11.5. The van der Waals surface area contributed by atoms with E-state index in [0.29, 0.717) is 5.56 Å². The molecule has 3 heteroatoms. The fourth-order valence-corrected chi connectivity index (χ4v) is 2.86. The minimum absolute atomic E-state index is 0.307. The van der Waals surface area contributed by atoms with Crippen LogP contribution in [0.3, 0.4) is 0 Å². The van der Waals surface area contributed by atoms with Crippen molar-refractivity contribution in [3.63, 3.8) is 0 Å². The van der Waals surface area contributed by atoms with Crippen molar-refractivity contribution in [1.29, 1.82) is 0 Å². The molecule has 0 saturated heterocycles. The lowest BCUT2D eigenvalue weighted by molar-refractivity contribution is 0.0697. The second kappa shape index (κ2) is 5.26. The van der Waals surface area contributed by atoms with Crippen LogP contribution in [-0.2, 0) is 0 Å². The van der Waals surface area contributed by atoms with E-state index in [-0.39, 0.29) is 0 Å². The van der Waals surface area contributed by atoms with Crippen LogP contribution < -0.4 is 0 Å². The summed E-state index contributed by atoms with van der Waals surface area (Å²) in [7, 11) is 0. The summed E-state index contributed by atoms with van der Waals surface area (Å²) in [6, 6.07) is 17.3. The van der Waals surface area contributed by atoms with Crippen molar-refractivity contribution in [1.82, 2.24) is 0 Å². The molecule has 2 nitrogen and oxygen atoms in total. The van der Waals surface area contributed by atoms with Crippen LogP contribution in [0.2, 0.25) is 0 Å². The number of carboxylic acids is 1. The number of thiol groups is 1. The molecule has 0 amide bonds. The van der Waals surface area contributed by atoms with Crippen LogP contribution in [0.1, 0.15) is 15.9 Å². The highest BCUT2D eigenvalue weighted by Crippen LogP contribution is 2.35. The summed E-state index contributed by atoms with van der Waals surface area (Å²) in [4.78, 5) is 12.4. The van der Waals surface area contributed by atoms with Gasteiger partial charge in [-0.3, -0.25) is 0 Å². The van der Waals surface area contributed by atoms with Crippen LogP contribution in [0.4, 0.5) is 0 Å². The Bertz CT molecular complexity index is 848. The number of aromatic carboxylic acids is 1. The molecule has 1 N–H and O–H groups in total. The Labute approximate surface area is 128 Å². The molecular weight excluding hydrogens is 280 g/mol. The molecule has 3 aromatic carbocycles. The Hall–Kier alpha value is -2.26. The predicted molar refractivity (Wildman–Crippen MR) is 88.3 cm³/mol. The molecule has 0 aliphatic heterocycles. The molecule has 0 fully saturated rings. The molecule has 0 radical (unpaired) electrons. The molecule has 3 rings (SSSR count). The summed E-state index contributed by atoms with van der Waals surface area (Å²) >= 11 is 4.43. The molecule has 0 heterocycles. The molecule has 0 aliphatic carbocycles. The zero-order valence-corrected chi connectivity index (χ0v) is 12.4. The number of carboxylic acid groups (broad SMARTS) is 1. The zero-order chi connectivity index (χ0) is 15.0. The minimum atomic E-state index is -0.922. The maximum atomic E-state index is 11.6. The predicted octanol–water partition coefficient (Wildman–Crippen LogP) is 4.80. The van der Waals surface area contributed by atoms with Gasteiger partial charge in [-0.1, -0.05) is 42.5 Å². The Morgan fingerprint density at radius 2 is 1.71 bits per heavy atom. The molecule has 104 valence electrons. The fraction of sp³-hybridized carbons (Fsp3) is 0.0556. The standard InChI is InChI=1S/C18H14O2S/c1-11-16(21)10-9-15(18(19)20)17(11)14-8-4-6-12-5-2-3-7-13(12)14/h2-10,21H,1H3,(H,19,20). The van der Waals surface area contributed by atoms with Gasteiger partial charge < -0.3 is 5.11 Å². The fourth-order valence-electron chi connectivity index (χ4n) is 2.67. The Balaban J connectivity index is 2.43. The molecule has 0 atom stereocenters. The van der Waals surface area contributed by atoms with E-state index >= 15 is 0 Å². The summed E-state index contributed by atoms with van der Waals surface area (Å²) in [6.45, 7) is 1.91. The third-order valence-corrected chi connectivity index (χ3v) is 4.21. The summed E-state index contributed by atoms with van der Waals surface area (Å²) in [5, 5.41) is 11.6. The van der Waals surface area contributed by atoms with Crippen LogP contribution >= 0.6 is 12.6 Å². The van der Waals surface area contributed by atoms with Gasteiger partial charge in [-0.15, -0.1) is 12.6 Å². The number of hydrogen-bond acceptors (Lipinski definition) is 2. The molecular formula is C18H14O2S. The van der Waals surface area contributed by atoms with Crippen molar-refractivity contribution in [3.05, 3.63) is 65.7 Å². The normalized spacial score (nSPS) is 10.8. The Kier molecular flexibility index (Phi) is 3.43. The van der Waals surface area contributed by atoms with Gasteiger partial charge in [-0.05, 0) is 41.0 Å². The van der Waals surface area contributed by atoms with Crippen LogP contribution in [0, 0.1) is 6.92 Å². The average Bonchev–Trinajstić information content (AvgIpc) is 2.49. The van der Waals surface area contributed by atoms with Gasteiger partial charge in [-0.2, -0.15) is 0 Å². The second-order valence-corrected chi connectivity index (χ2v) is 5.45. The Morgan fingerprint density at radius 1 is 1.00 bits per heavy atom. The van der Waals surface area contributed by atoms with Gasteiger partial charge >= 0.3 is 5.97 Å². The Morgan fingerprint density at radius 3 is 2.48 bits per heavy atom. The van der Waals surface area contributed by atoms with Gasteiger partial charge in [0.25, 0.3) is 0 Å². The highest BCUT2D eigenvalue weighted by Gasteiger charge is 2.17. The molecule has 0 unspecified atom stereocenters. The third kappa shape index (κ3) is 2.30. The van der Waals surface area contributed by atoms with Crippen LogP contribution in [0.5, 0.6) is 0 Å². The van der Waals surface area contributed by atoms with Crippen molar-refractivity contribution in [3.8, 4) is 11.1 Å². The summed E-state index contributed by atoms with van der Waals surface area (Å²) in [5.41, 5.74) is 2.86. The quantitative estimate of drug-likeness (QED) is 0.666. The molecule has 0 spiro atoms. The first kappa shape index (κ1) is 13.7. The summed E-state index contributed by atoms with van der Waals surface area (Å²) in [5.74, 6) is -0.922. The van der Waals surface area contributed by atoms with Gasteiger partial charge in [-0.25, -0.2) is 4.79 Å². The summed E-state index contributed by atoms with van der Waals surface area (Å²) in [6.07, 6.45) is 0. The molecule has 0 aliphatic rings.